The highest BCUT2D eigenvalue weighted by atomic mass is 32.1. The van der Waals surface area contributed by atoms with Crippen LogP contribution < -0.4 is 10.2 Å². The zero-order valence-corrected chi connectivity index (χ0v) is 14.8. The summed E-state index contributed by atoms with van der Waals surface area (Å²) in [6.45, 7) is 11.6. The second-order valence-electron chi connectivity index (χ2n) is 6.00. The molecule has 3 unspecified atom stereocenters. The van der Waals surface area contributed by atoms with Crippen molar-refractivity contribution < 1.29 is 4.74 Å². The predicted octanol–water partition coefficient (Wildman–Crippen LogP) is 3.38. The first-order valence-electron chi connectivity index (χ1n) is 8.13. The Kier molecular flexibility index (Phi) is 6.02. The molecule has 2 rings (SSSR count). The molecular weight excluding hydrogens is 282 g/mol. The van der Waals surface area contributed by atoms with Gasteiger partial charge in [-0.25, -0.2) is 4.98 Å². The fourth-order valence-electron chi connectivity index (χ4n) is 2.76. The number of rotatable bonds is 6. The molecule has 0 aliphatic carbocycles. The Bertz CT molecular complexity index is 449. The van der Waals surface area contributed by atoms with Crippen LogP contribution in [0.1, 0.15) is 57.0 Å². The van der Waals surface area contributed by atoms with Crippen molar-refractivity contribution in [2.45, 2.75) is 65.1 Å². The summed E-state index contributed by atoms with van der Waals surface area (Å²) in [4.78, 5) is 8.85. The molecule has 1 aliphatic rings. The molecule has 1 aliphatic heterocycles. The highest BCUT2D eigenvalue weighted by molar-refractivity contribution is 7.15. The van der Waals surface area contributed by atoms with E-state index >= 15 is 0 Å². The molecule has 4 nitrogen and oxygen atoms in total. The van der Waals surface area contributed by atoms with Crippen molar-refractivity contribution in [1.82, 2.24) is 10.3 Å². The van der Waals surface area contributed by atoms with Gasteiger partial charge in [0.15, 0.2) is 5.13 Å². The minimum absolute atomic E-state index is 0.288. The summed E-state index contributed by atoms with van der Waals surface area (Å²) < 4.78 is 5.81. The third kappa shape index (κ3) is 3.76. The minimum Gasteiger partial charge on any atom is -0.375 e. The second kappa shape index (κ2) is 7.56. The van der Waals surface area contributed by atoms with Crippen LogP contribution in [-0.4, -0.2) is 37.3 Å². The quantitative estimate of drug-likeness (QED) is 0.874. The first-order chi connectivity index (χ1) is 10.1. The number of ether oxygens (including phenoxy) is 1. The number of nitrogens with one attached hydrogen (secondary N) is 1. The van der Waals surface area contributed by atoms with Gasteiger partial charge in [0.2, 0.25) is 0 Å². The first-order valence-corrected chi connectivity index (χ1v) is 8.94. The summed E-state index contributed by atoms with van der Waals surface area (Å²) in [6.07, 6.45) is 2.53. The van der Waals surface area contributed by atoms with E-state index in [9.17, 15) is 0 Å². The lowest BCUT2D eigenvalue weighted by Crippen LogP contribution is -2.48. The Morgan fingerprint density at radius 1 is 1.48 bits per heavy atom. The predicted molar refractivity (Wildman–Crippen MR) is 90.4 cm³/mol. The van der Waals surface area contributed by atoms with E-state index in [2.05, 4.69) is 37.9 Å². The van der Waals surface area contributed by atoms with E-state index in [0.717, 1.165) is 32.5 Å². The Morgan fingerprint density at radius 3 is 2.86 bits per heavy atom. The van der Waals surface area contributed by atoms with Gasteiger partial charge in [0.05, 0.1) is 24.4 Å². The van der Waals surface area contributed by atoms with Crippen LogP contribution in [0.3, 0.4) is 0 Å². The van der Waals surface area contributed by atoms with Crippen molar-refractivity contribution in [2.24, 2.45) is 0 Å². The van der Waals surface area contributed by atoms with Crippen LogP contribution in [0.15, 0.2) is 0 Å². The van der Waals surface area contributed by atoms with Crippen LogP contribution in [0, 0.1) is 0 Å². The summed E-state index contributed by atoms with van der Waals surface area (Å²) in [5.41, 5.74) is 1.28. The van der Waals surface area contributed by atoms with Crippen LogP contribution >= 0.6 is 11.3 Å². The van der Waals surface area contributed by atoms with E-state index in [-0.39, 0.29) is 6.10 Å². The Labute approximate surface area is 132 Å². The molecule has 3 atom stereocenters. The number of anilines is 1. The fraction of sp³-hybridized carbons (Fsp3) is 0.812. The molecule has 120 valence electrons. The van der Waals surface area contributed by atoms with Gasteiger partial charge in [0, 0.05) is 18.0 Å². The number of nitrogens with zero attached hydrogens (tertiary/aromatic N) is 2. The third-order valence-electron chi connectivity index (χ3n) is 4.32. The molecule has 1 aromatic rings. The van der Waals surface area contributed by atoms with Crippen molar-refractivity contribution >= 4 is 16.5 Å². The zero-order valence-electron chi connectivity index (χ0n) is 14.0. The highest BCUT2D eigenvalue weighted by Crippen LogP contribution is 2.34. The van der Waals surface area contributed by atoms with Gasteiger partial charge in [-0.3, -0.25) is 0 Å². The van der Waals surface area contributed by atoms with Crippen LogP contribution in [0.4, 0.5) is 5.13 Å². The molecule has 0 saturated carbocycles. The van der Waals surface area contributed by atoms with Gasteiger partial charge in [-0.05, 0) is 32.7 Å². The summed E-state index contributed by atoms with van der Waals surface area (Å²) in [7, 11) is 2.01. The normalized spacial score (nSPS) is 24.3. The van der Waals surface area contributed by atoms with Crippen LogP contribution in [0.5, 0.6) is 0 Å². The number of hydrogen-bond acceptors (Lipinski definition) is 5. The lowest BCUT2D eigenvalue weighted by molar-refractivity contribution is 0.0299. The van der Waals surface area contributed by atoms with E-state index in [0.29, 0.717) is 12.0 Å². The first kappa shape index (κ1) is 16.7. The van der Waals surface area contributed by atoms with E-state index < -0.39 is 0 Å². The van der Waals surface area contributed by atoms with E-state index in [1.165, 1.54) is 15.7 Å². The number of aromatic nitrogens is 1. The van der Waals surface area contributed by atoms with Crippen LogP contribution in [-0.2, 0) is 11.3 Å². The van der Waals surface area contributed by atoms with Crippen molar-refractivity contribution in [3.8, 4) is 0 Å². The molecule has 0 aromatic carbocycles. The topological polar surface area (TPSA) is 37.4 Å². The van der Waals surface area contributed by atoms with Gasteiger partial charge in [-0.1, -0.05) is 20.8 Å². The Hall–Kier alpha value is -0.650. The average Bonchev–Trinajstić information content (AvgIpc) is 2.90. The Balaban J connectivity index is 2.29. The maximum Gasteiger partial charge on any atom is 0.186 e. The summed E-state index contributed by atoms with van der Waals surface area (Å²) in [5, 5.41) is 4.46. The lowest BCUT2D eigenvalue weighted by atomic mass is 10.0. The molecule has 0 radical (unpaired) electrons. The van der Waals surface area contributed by atoms with Gasteiger partial charge in [-0.2, -0.15) is 0 Å². The molecule has 21 heavy (non-hydrogen) atoms. The highest BCUT2D eigenvalue weighted by Gasteiger charge is 2.29. The van der Waals surface area contributed by atoms with Crippen molar-refractivity contribution in [3.05, 3.63) is 10.6 Å². The Morgan fingerprint density at radius 2 is 2.24 bits per heavy atom. The zero-order chi connectivity index (χ0) is 15.4. The van der Waals surface area contributed by atoms with Crippen molar-refractivity contribution in [3.63, 3.8) is 0 Å². The summed E-state index contributed by atoms with van der Waals surface area (Å²) in [5.74, 6) is 0.525. The van der Waals surface area contributed by atoms with Crippen molar-refractivity contribution in [2.75, 3.05) is 25.1 Å². The fourth-order valence-corrected chi connectivity index (χ4v) is 4.03. The molecule has 0 spiro atoms. The standard InChI is InChI=1S/C16H29N3OS/c1-6-11(3)15-14(8-17-5)21-16(18-15)19-9-12(4)20-10-13(19)7-2/h11-13,17H,6-10H2,1-5H3. The van der Waals surface area contributed by atoms with Crippen LogP contribution in [0.25, 0.3) is 0 Å². The van der Waals surface area contributed by atoms with Gasteiger partial charge in [0.1, 0.15) is 0 Å². The average molecular weight is 311 g/mol. The van der Waals surface area contributed by atoms with Gasteiger partial charge in [-0.15, -0.1) is 11.3 Å². The molecule has 1 aromatic heterocycles. The molecule has 1 saturated heterocycles. The molecule has 2 heterocycles. The number of hydrogen-bond donors (Lipinski definition) is 1. The molecule has 0 amide bonds. The van der Waals surface area contributed by atoms with Gasteiger partial charge in [0.25, 0.3) is 0 Å². The summed E-state index contributed by atoms with van der Waals surface area (Å²) in [6, 6.07) is 0.458. The number of thiazole rings is 1. The minimum atomic E-state index is 0.288. The number of morpholine rings is 1. The molecular formula is C16H29N3OS. The molecule has 1 fully saturated rings. The largest absolute Gasteiger partial charge is 0.375 e. The molecule has 5 heteroatoms. The molecule has 1 N–H and O–H groups in total. The van der Waals surface area contributed by atoms with E-state index in [1.807, 2.05) is 18.4 Å². The van der Waals surface area contributed by atoms with E-state index in [4.69, 9.17) is 9.72 Å². The third-order valence-corrected chi connectivity index (χ3v) is 5.43. The van der Waals surface area contributed by atoms with E-state index in [1.54, 1.807) is 0 Å². The van der Waals surface area contributed by atoms with Gasteiger partial charge >= 0.3 is 0 Å². The SMILES string of the molecule is CCC(C)c1nc(N2CC(C)OCC2CC)sc1CNC. The van der Waals surface area contributed by atoms with Gasteiger partial charge < -0.3 is 15.0 Å². The lowest BCUT2D eigenvalue weighted by Gasteiger charge is -2.38. The van der Waals surface area contributed by atoms with Crippen molar-refractivity contribution in [1.29, 1.82) is 0 Å². The molecule has 0 bridgehead atoms. The maximum absolute atomic E-state index is 5.81. The summed E-state index contributed by atoms with van der Waals surface area (Å²) >= 11 is 1.85. The second-order valence-corrected chi connectivity index (χ2v) is 7.06. The maximum atomic E-state index is 5.81. The smallest absolute Gasteiger partial charge is 0.186 e. The van der Waals surface area contributed by atoms with Crippen LogP contribution in [0.2, 0.25) is 0 Å². The monoisotopic (exact) mass is 311 g/mol.